The lowest BCUT2D eigenvalue weighted by atomic mass is 10.0. The number of hydrogen-bond donors (Lipinski definition) is 3. The summed E-state index contributed by atoms with van der Waals surface area (Å²) in [5.74, 6) is 0. The summed E-state index contributed by atoms with van der Waals surface area (Å²) in [4.78, 5) is 0. The van der Waals surface area contributed by atoms with Gasteiger partial charge in [0.25, 0.3) is 0 Å². The molecule has 1 atom stereocenters. The van der Waals surface area contributed by atoms with Crippen molar-refractivity contribution in [2.45, 2.75) is 31.8 Å². The molecule has 0 spiro atoms. The molecule has 0 amide bonds. The molecule has 0 aromatic heterocycles. The van der Waals surface area contributed by atoms with Crippen molar-refractivity contribution >= 4 is 0 Å². The third kappa shape index (κ3) is 4.73. The van der Waals surface area contributed by atoms with Crippen molar-refractivity contribution in [1.82, 2.24) is 0 Å². The molecule has 0 bridgehead atoms. The predicted octanol–water partition coefficient (Wildman–Crippen LogP) is -0.108. The lowest BCUT2D eigenvalue weighted by molar-refractivity contribution is -0.00753. The van der Waals surface area contributed by atoms with Crippen molar-refractivity contribution in [3.8, 4) is 0 Å². The van der Waals surface area contributed by atoms with Crippen molar-refractivity contribution in [3.05, 3.63) is 0 Å². The molecule has 0 heterocycles. The second-order valence-corrected chi connectivity index (χ2v) is 2.84. The second-order valence-electron chi connectivity index (χ2n) is 2.84. The van der Waals surface area contributed by atoms with Crippen LogP contribution in [0.25, 0.3) is 0 Å². The van der Waals surface area contributed by atoms with Crippen LogP contribution in [0.15, 0.2) is 0 Å². The van der Waals surface area contributed by atoms with Gasteiger partial charge in [-0.3, -0.25) is 0 Å². The third-order valence-electron chi connectivity index (χ3n) is 1.46. The normalized spacial score (nSPS) is 16.8. The van der Waals surface area contributed by atoms with E-state index < -0.39 is 5.60 Å². The lowest BCUT2D eigenvalue weighted by Crippen LogP contribution is -2.28. The fourth-order valence-corrected chi connectivity index (χ4v) is 0.697. The van der Waals surface area contributed by atoms with E-state index in [1.807, 2.05) is 0 Å². The van der Waals surface area contributed by atoms with E-state index in [1.165, 1.54) is 0 Å². The first-order valence-corrected chi connectivity index (χ1v) is 3.56. The average Bonchev–Trinajstić information content (AvgIpc) is 1.89. The molecule has 0 unspecified atom stereocenters. The van der Waals surface area contributed by atoms with Crippen LogP contribution in [0.2, 0.25) is 0 Å². The Morgan fingerprint density at radius 1 is 1.20 bits per heavy atom. The Hall–Kier alpha value is -0.120. The molecule has 10 heavy (non-hydrogen) atoms. The van der Waals surface area contributed by atoms with E-state index >= 15 is 0 Å². The summed E-state index contributed by atoms with van der Waals surface area (Å²) in [6.45, 7) is 1.53. The maximum absolute atomic E-state index is 9.22. The number of rotatable bonds is 5. The number of unbranched alkanes of at least 4 members (excludes halogenated alkanes) is 1. The van der Waals surface area contributed by atoms with Gasteiger partial charge in [-0.2, -0.15) is 0 Å². The molecule has 0 saturated carbocycles. The molecule has 0 radical (unpaired) electrons. The summed E-state index contributed by atoms with van der Waals surface area (Å²) in [6, 6.07) is 0. The summed E-state index contributed by atoms with van der Waals surface area (Å²) in [5, 5.41) is 26.2. The van der Waals surface area contributed by atoms with Crippen LogP contribution in [0.3, 0.4) is 0 Å². The lowest BCUT2D eigenvalue weighted by Gasteiger charge is -2.19. The first kappa shape index (κ1) is 9.88. The molecule has 0 rings (SSSR count). The zero-order valence-corrected chi connectivity index (χ0v) is 6.38. The van der Waals surface area contributed by atoms with Crippen molar-refractivity contribution < 1.29 is 15.3 Å². The van der Waals surface area contributed by atoms with Gasteiger partial charge in [-0.05, 0) is 26.2 Å². The highest BCUT2D eigenvalue weighted by molar-refractivity contribution is 4.69. The highest BCUT2D eigenvalue weighted by Crippen LogP contribution is 2.11. The van der Waals surface area contributed by atoms with Crippen LogP contribution in [0.4, 0.5) is 0 Å². The van der Waals surface area contributed by atoms with Crippen molar-refractivity contribution in [3.63, 3.8) is 0 Å². The van der Waals surface area contributed by atoms with Crippen LogP contribution in [-0.4, -0.2) is 34.1 Å². The maximum Gasteiger partial charge on any atom is 0.0849 e. The molecule has 0 aliphatic rings. The van der Waals surface area contributed by atoms with Gasteiger partial charge >= 0.3 is 0 Å². The molecule has 0 aliphatic heterocycles. The Morgan fingerprint density at radius 2 is 1.80 bits per heavy atom. The fraction of sp³-hybridized carbons (Fsp3) is 1.00. The molecule has 3 N–H and O–H groups in total. The largest absolute Gasteiger partial charge is 0.396 e. The van der Waals surface area contributed by atoms with E-state index in [-0.39, 0.29) is 13.2 Å². The Kier molecular flexibility index (Phi) is 4.60. The highest BCUT2D eigenvalue weighted by Gasteiger charge is 2.17. The van der Waals surface area contributed by atoms with E-state index in [4.69, 9.17) is 10.2 Å². The summed E-state index contributed by atoms with van der Waals surface area (Å²) in [6.07, 6.45) is 1.99. The van der Waals surface area contributed by atoms with Gasteiger partial charge in [-0.1, -0.05) is 0 Å². The van der Waals surface area contributed by atoms with Gasteiger partial charge in [0.1, 0.15) is 0 Å². The molecule has 0 fully saturated rings. The first-order valence-electron chi connectivity index (χ1n) is 3.56. The molecular weight excluding hydrogens is 132 g/mol. The van der Waals surface area contributed by atoms with Gasteiger partial charge in [0.05, 0.1) is 12.2 Å². The minimum absolute atomic E-state index is 0.154. The summed E-state index contributed by atoms with van der Waals surface area (Å²) >= 11 is 0. The predicted molar refractivity (Wildman–Crippen MR) is 38.6 cm³/mol. The molecular formula is C7H16O3. The monoisotopic (exact) mass is 148 g/mol. The number of aliphatic hydroxyl groups is 3. The molecule has 3 heteroatoms. The molecule has 0 saturated heterocycles. The summed E-state index contributed by atoms with van der Waals surface area (Å²) in [7, 11) is 0. The zero-order chi connectivity index (χ0) is 8.04. The van der Waals surface area contributed by atoms with Crippen LogP contribution in [0.5, 0.6) is 0 Å². The van der Waals surface area contributed by atoms with Crippen molar-refractivity contribution in [2.75, 3.05) is 13.2 Å². The number of hydrogen-bond acceptors (Lipinski definition) is 3. The zero-order valence-electron chi connectivity index (χ0n) is 6.38. The number of aliphatic hydroxyl groups excluding tert-OH is 2. The molecule has 0 aliphatic carbocycles. The summed E-state index contributed by atoms with van der Waals surface area (Å²) < 4.78 is 0. The van der Waals surface area contributed by atoms with Crippen LogP contribution in [0.1, 0.15) is 26.2 Å². The van der Waals surface area contributed by atoms with E-state index in [0.717, 1.165) is 6.42 Å². The van der Waals surface area contributed by atoms with Crippen LogP contribution in [0, 0.1) is 0 Å². The topological polar surface area (TPSA) is 60.7 Å². The Balaban J connectivity index is 3.28. The van der Waals surface area contributed by atoms with Gasteiger partial charge in [0, 0.05) is 6.61 Å². The molecule has 3 nitrogen and oxygen atoms in total. The van der Waals surface area contributed by atoms with Gasteiger partial charge in [0.15, 0.2) is 0 Å². The van der Waals surface area contributed by atoms with Crippen LogP contribution in [-0.2, 0) is 0 Å². The third-order valence-corrected chi connectivity index (χ3v) is 1.46. The van der Waals surface area contributed by atoms with Gasteiger partial charge in [0.2, 0.25) is 0 Å². The minimum Gasteiger partial charge on any atom is -0.396 e. The van der Waals surface area contributed by atoms with E-state index in [2.05, 4.69) is 0 Å². The quantitative estimate of drug-likeness (QED) is 0.477. The first-order chi connectivity index (χ1) is 4.62. The Labute approximate surface area is 61.3 Å². The van der Waals surface area contributed by atoms with E-state index in [9.17, 15) is 5.11 Å². The minimum atomic E-state index is -0.963. The smallest absolute Gasteiger partial charge is 0.0849 e. The average molecular weight is 148 g/mol. The highest BCUT2D eigenvalue weighted by atomic mass is 16.3. The van der Waals surface area contributed by atoms with Gasteiger partial charge in [-0.25, -0.2) is 0 Å². The molecule has 0 aromatic carbocycles. The van der Waals surface area contributed by atoms with Gasteiger partial charge in [-0.15, -0.1) is 0 Å². The SMILES string of the molecule is C[C@@](O)(CO)CCCCO. The van der Waals surface area contributed by atoms with E-state index in [1.54, 1.807) is 6.92 Å². The van der Waals surface area contributed by atoms with E-state index in [0.29, 0.717) is 12.8 Å². The molecule has 62 valence electrons. The van der Waals surface area contributed by atoms with Gasteiger partial charge < -0.3 is 15.3 Å². The summed E-state index contributed by atoms with van der Waals surface area (Å²) in [5.41, 5.74) is -0.963. The molecule has 0 aromatic rings. The van der Waals surface area contributed by atoms with Crippen LogP contribution >= 0.6 is 0 Å². The second kappa shape index (κ2) is 4.66. The Bertz CT molecular complexity index is 80.9. The van der Waals surface area contributed by atoms with Crippen LogP contribution < -0.4 is 0 Å². The maximum atomic E-state index is 9.22. The Morgan fingerprint density at radius 3 is 2.20 bits per heavy atom. The fourth-order valence-electron chi connectivity index (χ4n) is 0.697. The van der Waals surface area contributed by atoms with Crippen molar-refractivity contribution in [1.29, 1.82) is 0 Å². The van der Waals surface area contributed by atoms with Crippen molar-refractivity contribution in [2.24, 2.45) is 0 Å². The standard InChI is InChI=1S/C7H16O3/c1-7(10,6-9)4-2-3-5-8/h8-10H,2-6H2,1H3/t7-/m0/s1.